The molecule has 0 spiro atoms. The van der Waals surface area contributed by atoms with Gasteiger partial charge in [0.1, 0.15) is 0 Å². The second-order valence-electron chi connectivity index (χ2n) is 3.63. The number of methoxy groups -OCH3 is 2. The van der Waals surface area contributed by atoms with Gasteiger partial charge in [-0.1, -0.05) is 0 Å². The molecule has 0 bridgehead atoms. The van der Waals surface area contributed by atoms with Gasteiger partial charge in [0.15, 0.2) is 11.5 Å². The molecule has 0 unspecified atom stereocenters. The highest BCUT2D eigenvalue weighted by Gasteiger charge is 2.21. The smallest absolute Gasteiger partial charge is 0.243 e. The number of hydrogen-bond donors (Lipinski definition) is 1. The summed E-state index contributed by atoms with van der Waals surface area (Å²) in [5, 5.41) is 2.80. The molecular formula is C11H14N2O3. The van der Waals surface area contributed by atoms with E-state index in [1.54, 1.807) is 20.3 Å². The van der Waals surface area contributed by atoms with Crippen LogP contribution in [0.3, 0.4) is 0 Å². The van der Waals surface area contributed by atoms with Gasteiger partial charge in [0.2, 0.25) is 5.91 Å². The van der Waals surface area contributed by atoms with Crippen molar-refractivity contribution in [1.29, 1.82) is 0 Å². The fourth-order valence-electron chi connectivity index (χ4n) is 1.77. The van der Waals surface area contributed by atoms with Crippen LogP contribution in [0.25, 0.3) is 0 Å². The molecule has 0 fully saturated rings. The summed E-state index contributed by atoms with van der Waals surface area (Å²) in [5.41, 5.74) is 1.67. The van der Waals surface area contributed by atoms with Gasteiger partial charge in [-0.15, -0.1) is 0 Å². The quantitative estimate of drug-likeness (QED) is 0.813. The average molecular weight is 222 g/mol. The van der Waals surface area contributed by atoms with E-state index in [0.29, 0.717) is 18.0 Å². The maximum Gasteiger partial charge on any atom is 0.243 e. The first kappa shape index (κ1) is 10.6. The molecule has 1 aliphatic heterocycles. The van der Waals surface area contributed by atoms with Crippen LogP contribution >= 0.6 is 0 Å². The molecule has 1 aliphatic rings. The van der Waals surface area contributed by atoms with Crippen molar-refractivity contribution in [2.24, 2.45) is 0 Å². The molecule has 1 heterocycles. The summed E-state index contributed by atoms with van der Waals surface area (Å²) in [6, 6.07) is 3.62. The van der Waals surface area contributed by atoms with Gasteiger partial charge in [-0.05, 0) is 0 Å². The van der Waals surface area contributed by atoms with Gasteiger partial charge in [0.25, 0.3) is 0 Å². The number of likely N-dealkylation sites (N-methyl/N-ethyl adjacent to an activating group) is 1. The summed E-state index contributed by atoms with van der Waals surface area (Å²) in [6.45, 7) is 0.350. The van der Waals surface area contributed by atoms with Gasteiger partial charge < -0.3 is 19.7 Å². The SMILES string of the molecule is COc1cc2c(cc1OC)N(C)CC(=O)N2. The Labute approximate surface area is 93.9 Å². The number of carbonyl (C=O) groups is 1. The van der Waals surface area contributed by atoms with Gasteiger partial charge >= 0.3 is 0 Å². The van der Waals surface area contributed by atoms with E-state index in [-0.39, 0.29) is 5.91 Å². The van der Waals surface area contributed by atoms with Crippen molar-refractivity contribution in [2.75, 3.05) is 38.0 Å². The number of fused-ring (bicyclic) bond motifs is 1. The minimum absolute atomic E-state index is 0.0257. The Morgan fingerprint density at radius 2 is 1.88 bits per heavy atom. The summed E-state index contributed by atoms with van der Waals surface area (Å²) < 4.78 is 10.4. The van der Waals surface area contributed by atoms with E-state index in [1.807, 2.05) is 18.0 Å². The molecule has 1 N–H and O–H groups in total. The molecule has 0 aliphatic carbocycles. The summed E-state index contributed by atoms with van der Waals surface area (Å²) in [6.07, 6.45) is 0. The summed E-state index contributed by atoms with van der Waals surface area (Å²) in [7, 11) is 5.02. The summed E-state index contributed by atoms with van der Waals surface area (Å²) >= 11 is 0. The number of anilines is 2. The molecule has 0 aromatic heterocycles. The van der Waals surface area contributed by atoms with Gasteiger partial charge in [0, 0.05) is 19.2 Å². The standard InChI is InChI=1S/C11H14N2O3/c1-13-6-11(14)12-7-4-9(15-2)10(16-3)5-8(7)13/h4-5H,6H2,1-3H3,(H,12,14). The number of nitrogens with one attached hydrogen (secondary N) is 1. The van der Waals surface area contributed by atoms with Gasteiger partial charge in [-0.2, -0.15) is 0 Å². The highest BCUT2D eigenvalue weighted by Crippen LogP contribution is 2.39. The van der Waals surface area contributed by atoms with E-state index in [1.165, 1.54) is 0 Å². The van der Waals surface area contributed by atoms with Gasteiger partial charge in [0.05, 0.1) is 32.1 Å². The third-order valence-electron chi connectivity index (χ3n) is 2.57. The Balaban J connectivity index is 2.51. The van der Waals surface area contributed by atoms with E-state index in [2.05, 4.69) is 5.32 Å². The van der Waals surface area contributed by atoms with Crippen molar-refractivity contribution in [2.45, 2.75) is 0 Å². The molecule has 0 saturated carbocycles. The van der Waals surface area contributed by atoms with Crippen LogP contribution in [0.5, 0.6) is 11.5 Å². The van der Waals surface area contributed by atoms with Crippen molar-refractivity contribution in [3.63, 3.8) is 0 Å². The monoisotopic (exact) mass is 222 g/mol. The second-order valence-corrected chi connectivity index (χ2v) is 3.63. The molecule has 0 atom stereocenters. The first-order valence-electron chi connectivity index (χ1n) is 4.92. The lowest BCUT2D eigenvalue weighted by molar-refractivity contribution is -0.115. The topological polar surface area (TPSA) is 50.8 Å². The number of carbonyl (C=O) groups excluding carboxylic acids is 1. The number of hydrogen-bond acceptors (Lipinski definition) is 4. The highest BCUT2D eigenvalue weighted by molar-refractivity contribution is 6.01. The van der Waals surface area contributed by atoms with E-state index in [4.69, 9.17) is 9.47 Å². The van der Waals surface area contributed by atoms with Crippen LogP contribution in [-0.2, 0) is 4.79 Å². The Morgan fingerprint density at radius 1 is 1.25 bits per heavy atom. The van der Waals surface area contributed by atoms with E-state index < -0.39 is 0 Å². The molecule has 1 aromatic carbocycles. The fourth-order valence-corrected chi connectivity index (χ4v) is 1.77. The van der Waals surface area contributed by atoms with Gasteiger partial charge in [-0.3, -0.25) is 4.79 Å². The van der Waals surface area contributed by atoms with Crippen molar-refractivity contribution in [3.05, 3.63) is 12.1 Å². The Bertz CT molecular complexity index is 431. The van der Waals surface area contributed by atoms with Crippen LogP contribution in [-0.4, -0.2) is 33.7 Å². The zero-order valence-electron chi connectivity index (χ0n) is 9.53. The molecule has 86 valence electrons. The lowest BCUT2D eigenvalue weighted by Gasteiger charge is -2.28. The minimum atomic E-state index is -0.0257. The number of rotatable bonds is 2. The van der Waals surface area contributed by atoms with Crippen LogP contribution in [0.2, 0.25) is 0 Å². The van der Waals surface area contributed by atoms with Crippen LogP contribution in [0.4, 0.5) is 11.4 Å². The molecular weight excluding hydrogens is 208 g/mol. The Kier molecular flexibility index (Phi) is 2.60. The third-order valence-corrected chi connectivity index (χ3v) is 2.57. The summed E-state index contributed by atoms with van der Waals surface area (Å²) in [4.78, 5) is 13.2. The average Bonchev–Trinajstić information content (AvgIpc) is 2.27. The number of benzene rings is 1. The lowest BCUT2D eigenvalue weighted by atomic mass is 10.2. The largest absolute Gasteiger partial charge is 0.493 e. The maximum atomic E-state index is 11.4. The molecule has 1 aromatic rings. The van der Waals surface area contributed by atoms with Crippen molar-refractivity contribution in [1.82, 2.24) is 0 Å². The Hall–Kier alpha value is -1.91. The number of amides is 1. The fraction of sp³-hybridized carbons (Fsp3) is 0.364. The van der Waals surface area contributed by atoms with Crippen molar-refractivity contribution in [3.8, 4) is 11.5 Å². The van der Waals surface area contributed by atoms with Crippen LogP contribution < -0.4 is 19.7 Å². The lowest BCUT2D eigenvalue weighted by Crippen LogP contribution is -2.35. The molecule has 5 heteroatoms. The zero-order valence-corrected chi connectivity index (χ0v) is 9.53. The predicted octanol–water partition coefficient (Wildman–Crippen LogP) is 1.09. The third kappa shape index (κ3) is 1.64. The Morgan fingerprint density at radius 3 is 2.50 bits per heavy atom. The zero-order chi connectivity index (χ0) is 11.7. The van der Waals surface area contributed by atoms with Crippen molar-refractivity contribution >= 4 is 17.3 Å². The van der Waals surface area contributed by atoms with Crippen molar-refractivity contribution < 1.29 is 14.3 Å². The van der Waals surface area contributed by atoms with Crippen LogP contribution in [0, 0.1) is 0 Å². The number of ether oxygens (including phenoxy) is 2. The highest BCUT2D eigenvalue weighted by atomic mass is 16.5. The first-order valence-corrected chi connectivity index (χ1v) is 4.92. The minimum Gasteiger partial charge on any atom is -0.493 e. The number of nitrogens with zero attached hydrogens (tertiary/aromatic N) is 1. The van der Waals surface area contributed by atoms with Crippen LogP contribution in [0.1, 0.15) is 0 Å². The maximum absolute atomic E-state index is 11.4. The second kappa shape index (κ2) is 3.92. The molecule has 16 heavy (non-hydrogen) atoms. The molecule has 1 amide bonds. The molecule has 0 radical (unpaired) electrons. The first-order chi connectivity index (χ1) is 7.65. The molecule has 5 nitrogen and oxygen atoms in total. The van der Waals surface area contributed by atoms with E-state index in [0.717, 1.165) is 11.4 Å². The van der Waals surface area contributed by atoms with Crippen LogP contribution in [0.15, 0.2) is 12.1 Å². The normalized spacial score (nSPS) is 14.2. The molecule has 0 saturated heterocycles. The predicted molar refractivity (Wildman–Crippen MR) is 61.4 cm³/mol. The summed E-state index contributed by atoms with van der Waals surface area (Å²) in [5.74, 6) is 1.24. The molecule has 2 rings (SSSR count). The van der Waals surface area contributed by atoms with E-state index >= 15 is 0 Å². The van der Waals surface area contributed by atoms with Gasteiger partial charge in [-0.25, -0.2) is 0 Å². The van der Waals surface area contributed by atoms with E-state index in [9.17, 15) is 4.79 Å².